The SMILES string of the molecule is CC(C)(C)OC(=O)Cn1cc(C=O)cn1. The van der Waals surface area contributed by atoms with E-state index in [9.17, 15) is 9.59 Å². The number of aromatic nitrogens is 2. The van der Waals surface area contributed by atoms with Gasteiger partial charge in [-0.25, -0.2) is 0 Å². The van der Waals surface area contributed by atoms with Gasteiger partial charge in [-0.3, -0.25) is 14.3 Å². The zero-order chi connectivity index (χ0) is 11.5. The number of carbonyl (C=O) groups excluding carboxylic acids is 2. The van der Waals surface area contributed by atoms with E-state index >= 15 is 0 Å². The predicted molar refractivity (Wildman–Crippen MR) is 53.5 cm³/mol. The van der Waals surface area contributed by atoms with Crippen LogP contribution in [-0.2, 0) is 16.1 Å². The normalized spacial score (nSPS) is 11.1. The van der Waals surface area contributed by atoms with Crippen molar-refractivity contribution in [2.45, 2.75) is 32.9 Å². The van der Waals surface area contributed by atoms with Gasteiger partial charge in [0.25, 0.3) is 0 Å². The second kappa shape index (κ2) is 4.25. The molecule has 5 heteroatoms. The van der Waals surface area contributed by atoms with Crippen LogP contribution in [0, 0.1) is 0 Å². The van der Waals surface area contributed by atoms with Gasteiger partial charge in [0.05, 0.1) is 11.8 Å². The van der Waals surface area contributed by atoms with Crippen LogP contribution < -0.4 is 0 Å². The van der Waals surface area contributed by atoms with Crippen molar-refractivity contribution in [3.8, 4) is 0 Å². The lowest BCUT2D eigenvalue weighted by molar-refractivity contribution is -0.155. The summed E-state index contributed by atoms with van der Waals surface area (Å²) in [6.07, 6.45) is 3.58. The topological polar surface area (TPSA) is 61.2 Å². The van der Waals surface area contributed by atoms with E-state index in [1.165, 1.54) is 17.1 Å². The zero-order valence-electron chi connectivity index (χ0n) is 9.06. The van der Waals surface area contributed by atoms with Crippen LogP contribution in [0.25, 0.3) is 0 Å². The predicted octanol–water partition coefficient (Wildman–Crippen LogP) is 1.04. The summed E-state index contributed by atoms with van der Waals surface area (Å²) >= 11 is 0. The summed E-state index contributed by atoms with van der Waals surface area (Å²) in [6, 6.07) is 0. The highest BCUT2D eigenvalue weighted by molar-refractivity contribution is 5.74. The van der Waals surface area contributed by atoms with E-state index in [4.69, 9.17) is 4.74 Å². The molecule has 1 aromatic heterocycles. The van der Waals surface area contributed by atoms with E-state index in [-0.39, 0.29) is 12.5 Å². The van der Waals surface area contributed by atoms with E-state index in [0.717, 1.165) is 0 Å². The van der Waals surface area contributed by atoms with E-state index in [1.807, 2.05) is 0 Å². The summed E-state index contributed by atoms with van der Waals surface area (Å²) in [6.45, 7) is 5.41. The van der Waals surface area contributed by atoms with Gasteiger partial charge in [-0.1, -0.05) is 0 Å². The number of ether oxygens (including phenoxy) is 1. The Morgan fingerprint density at radius 1 is 1.60 bits per heavy atom. The molecular formula is C10H14N2O3. The quantitative estimate of drug-likeness (QED) is 0.552. The third kappa shape index (κ3) is 3.93. The van der Waals surface area contributed by atoms with E-state index in [1.54, 1.807) is 20.8 Å². The van der Waals surface area contributed by atoms with Crippen LogP contribution in [0.2, 0.25) is 0 Å². The maximum atomic E-state index is 11.4. The molecule has 0 spiro atoms. The first-order valence-electron chi connectivity index (χ1n) is 4.60. The largest absolute Gasteiger partial charge is 0.459 e. The van der Waals surface area contributed by atoms with Crippen LogP contribution in [-0.4, -0.2) is 27.6 Å². The summed E-state index contributed by atoms with van der Waals surface area (Å²) in [7, 11) is 0. The molecule has 0 fully saturated rings. The van der Waals surface area contributed by atoms with Crippen LogP contribution in [0.4, 0.5) is 0 Å². The first kappa shape index (κ1) is 11.4. The highest BCUT2D eigenvalue weighted by Gasteiger charge is 2.16. The number of hydrogen-bond donors (Lipinski definition) is 0. The van der Waals surface area contributed by atoms with Crippen LogP contribution in [0.3, 0.4) is 0 Å². The number of nitrogens with zero attached hydrogens (tertiary/aromatic N) is 2. The van der Waals surface area contributed by atoms with Gasteiger partial charge in [0.15, 0.2) is 6.29 Å². The smallest absolute Gasteiger partial charge is 0.328 e. The number of aldehydes is 1. The average molecular weight is 210 g/mol. The lowest BCUT2D eigenvalue weighted by Gasteiger charge is -2.19. The molecule has 0 N–H and O–H groups in total. The Labute approximate surface area is 88.0 Å². The van der Waals surface area contributed by atoms with Crippen LogP contribution in [0.1, 0.15) is 31.1 Å². The number of esters is 1. The fraction of sp³-hybridized carbons (Fsp3) is 0.500. The van der Waals surface area contributed by atoms with Crippen LogP contribution >= 0.6 is 0 Å². The Morgan fingerprint density at radius 3 is 2.73 bits per heavy atom. The van der Waals surface area contributed by atoms with Crippen molar-refractivity contribution < 1.29 is 14.3 Å². The van der Waals surface area contributed by atoms with Gasteiger partial charge in [-0.15, -0.1) is 0 Å². The van der Waals surface area contributed by atoms with Gasteiger partial charge in [0.2, 0.25) is 0 Å². The molecule has 0 aliphatic carbocycles. The van der Waals surface area contributed by atoms with Crippen molar-refractivity contribution in [2.75, 3.05) is 0 Å². The van der Waals surface area contributed by atoms with Crippen molar-refractivity contribution in [3.63, 3.8) is 0 Å². The summed E-state index contributed by atoms with van der Waals surface area (Å²) < 4.78 is 6.47. The first-order chi connectivity index (χ1) is 6.90. The molecular weight excluding hydrogens is 196 g/mol. The standard InChI is InChI=1S/C10H14N2O3/c1-10(2,3)15-9(14)6-12-5-8(7-13)4-11-12/h4-5,7H,6H2,1-3H3. The molecule has 1 heterocycles. The molecule has 0 saturated carbocycles. The Hall–Kier alpha value is -1.65. The van der Waals surface area contributed by atoms with Crippen molar-refractivity contribution in [1.29, 1.82) is 0 Å². The Balaban J connectivity index is 2.55. The van der Waals surface area contributed by atoms with E-state index in [2.05, 4.69) is 5.10 Å². The number of carbonyl (C=O) groups is 2. The van der Waals surface area contributed by atoms with Crippen molar-refractivity contribution in [1.82, 2.24) is 9.78 Å². The molecule has 5 nitrogen and oxygen atoms in total. The zero-order valence-corrected chi connectivity index (χ0v) is 9.06. The monoisotopic (exact) mass is 210 g/mol. The minimum absolute atomic E-state index is 0.0190. The third-order valence-electron chi connectivity index (χ3n) is 1.50. The fourth-order valence-electron chi connectivity index (χ4n) is 1.03. The second-order valence-corrected chi connectivity index (χ2v) is 4.18. The summed E-state index contributed by atoms with van der Waals surface area (Å²) in [5.41, 5.74) is -0.0591. The maximum absolute atomic E-state index is 11.4. The van der Waals surface area contributed by atoms with Crippen LogP contribution in [0.5, 0.6) is 0 Å². The average Bonchev–Trinajstić information content (AvgIpc) is 2.48. The molecule has 0 unspecified atom stereocenters. The van der Waals surface area contributed by atoms with Crippen molar-refractivity contribution in [3.05, 3.63) is 18.0 Å². The molecule has 0 saturated heterocycles. The van der Waals surface area contributed by atoms with Gasteiger partial charge in [-0.2, -0.15) is 5.10 Å². The molecule has 1 rings (SSSR count). The van der Waals surface area contributed by atoms with Gasteiger partial charge in [0.1, 0.15) is 12.1 Å². The molecule has 0 aliphatic rings. The fourth-order valence-corrected chi connectivity index (χ4v) is 1.03. The van der Waals surface area contributed by atoms with E-state index in [0.29, 0.717) is 11.8 Å². The molecule has 0 aliphatic heterocycles. The van der Waals surface area contributed by atoms with Crippen LogP contribution in [0.15, 0.2) is 12.4 Å². The second-order valence-electron chi connectivity index (χ2n) is 4.18. The third-order valence-corrected chi connectivity index (χ3v) is 1.50. The molecule has 82 valence electrons. The highest BCUT2D eigenvalue weighted by Crippen LogP contribution is 2.07. The minimum atomic E-state index is -0.502. The molecule has 0 radical (unpaired) electrons. The lowest BCUT2D eigenvalue weighted by Crippen LogP contribution is -2.26. The summed E-state index contributed by atoms with van der Waals surface area (Å²) in [5, 5.41) is 3.84. The first-order valence-corrected chi connectivity index (χ1v) is 4.60. The summed E-state index contributed by atoms with van der Waals surface area (Å²) in [5.74, 6) is -0.372. The van der Waals surface area contributed by atoms with Crippen molar-refractivity contribution in [2.24, 2.45) is 0 Å². The Kier molecular flexibility index (Phi) is 3.24. The molecule has 0 aromatic carbocycles. The van der Waals surface area contributed by atoms with Gasteiger partial charge in [0, 0.05) is 6.20 Å². The van der Waals surface area contributed by atoms with Crippen molar-refractivity contribution >= 4 is 12.3 Å². The molecule has 15 heavy (non-hydrogen) atoms. The molecule has 0 bridgehead atoms. The van der Waals surface area contributed by atoms with Gasteiger partial charge >= 0.3 is 5.97 Å². The lowest BCUT2D eigenvalue weighted by atomic mass is 10.2. The Morgan fingerprint density at radius 2 is 2.27 bits per heavy atom. The summed E-state index contributed by atoms with van der Waals surface area (Å²) in [4.78, 5) is 21.7. The highest BCUT2D eigenvalue weighted by atomic mass is 16.6. The van der Waals surface area contributed by atoms with Gasteiger partial charge in [-0.05, 0) is 20.8 Å². The molecule has 0 atom stereocenters. The Bertz CT molecular complexity index is 363. The van der Waals surface area contributed by atoms with E-state index < -0.39 is 5.60 Å². The minimum Gasteiger partial charge on any atom is -0.459 e. The van der Waals surface area contributed by atoms with Gasteiger partial charge < -0.3 is 4.74 Å². The maximum Gasteiger partial charge on any atom is 0.328 e. The number of rotatable bonds is 3. The molecule has 0 amide bonds. The molecule has 1 aromatic rings. The number of hydrogen-bond acceptors (Lipinski definition) is 4.